The van der Waals surface area contributed by atoms with Crippen molar-refractivity contribution in [2.45, 2.75) is 26.7 Å². The molecule has 2 nitrogen and oxygen atoms in total. The van der Waals surface area contributed by atoms with Gasteiger partial charge in [0.05, 0.1) is 15.0 Å². The Hall–Kier alpha value is -0.220. The summed E-state index contributed by atoms with van der Waals surface area (Å²) in [5.74, 6) is 0. The second kappa shape index (κ2) is 4.33. The second-order valence-electron chi connectivity index (χ2n) is 3.36. The van der Waals surface area contributed by atoms with E-state index in [0.717, 1.165) is 27.9 Å². The van der Waals surface area contributed by atoms with Gasteiger partial charge in [-0.15, -0.1) is 11.3 Å². The Morgan fingerprint density at radius 2 is 2.46 bits per heavy atom. The molecule has 1 heterocycles. The highest BCUT2D eigenvalue weighted by Crippen LogP contribution is 2.28. The largest absolute Gasteiger partial charge is 0.303 e. The van der Waals surface area contributed by atoms with E-state index in [-0.39, 0.29) is 5.41 Å². The molecule has 13 heavy (non-hydrogen) atoms. The fourth-order valence-electron chi connectivity index (χ4n) is 0.965. The third-order valence-corrected chi connectivity index (χ3v) is 3.65. The molecule has 0 saturated carbocycles. The molecule has 0 bridgehead atoms. The summed E-state index contributed by atoms with van der Waals surface area (Å²) in [5, 5.41) is 1.02. The third-order valence-electron chi connectivity index (χ3n) is 2.17. The Balaban J connectivity index is 2.72. The molecule has 0 saturated heterocycles. The van der Waals surface area contributed by atoms with E-state index in [1.807, 2.05) is 13.8 Å². The zero-order chi connectivity index (χ0) is 9.90. The molecule has 4 heteroatoms. The fraction of sp³-hybridized carbons (Fsp3) is 0.556. The van der Waals surface area contributed by atoms with Crippen LogP contribution in [0.4, 0.5) is 0 Å². The average molecular weight is 262 g/mol. The molecule has 0 aliphatic carbocycles. The van der Waals surface area contributed by atoms with Gasteiger partial charge >= 0.3 is 0 Å². The Labute approximate surface area is 90.5 Å². The molecule has 0 aromatic carbocycles. The maximum atomic E-state index is 10.8. The van der Waals surface area contributed by atoms with Gasteiger partial charge in [0.15, 0.2) is 0 Å². The minimum atomic E-state index is -0.253. The molecule has 0 spiro atoms. The Morgan fingerprint density at radius 1 is 1.77 bits per heavy atom. The Kier molecular flexibility index (Phi) is 3.62. The summed E-state index contributed by atoms with van der Waals surface area (Å²) < 4.78 is 1.02. The summed E-state index contributed by atoms with van der Waals surface area (Å²) in [6.45, 7) is 3.99. The number of carbonyl (C=O) groups is 1. The first-order valence-corrected chi connectivity index (χ1v) is 5.77. The Bertz CT molecular complexity index is 300. The third kappa shape index (κ3) is 2.88. The highest BCUT2D eigenvalue weighted by molar-refractivity contribution is 9.11. The van der Waals surface area contributed by atoms with Gasteiger partial charge in [0, 0.05) is 11.8 Å². The smallest absolute Gasteiger partial charge is 0.126 e. The maximum absolute atomic E-state index is 10.8. The predicted octanol–water partition coefficient (Wildman–Crippen LogP) is 3.06. The van der Waals surface area contributed by atoms with E-state index in [9.17, 15) is 4.79 Å². The van der Waals surface area contributed by atoms with Gasteiger partial charge < -0.3 is 4.79 Å². The molecule has 0 aliphatic rings. The van der Waals surface area contributed by atoms with E-state index in [2.05, 4.69) is 20.9 Å². The van der Waals surface area contributed by atoms with Crippen molar-refractivity contribution >= 4 is 33.6 Å². The van der Waals surface area contributed by atoms with E-state index < -0.39 is 0 Å². The predicted molar refractivity (Wildman–Crippen MR) is 58.0 cm³/mol. The number of hydrogen-bond donors (Lipinski definition) is 0. The minimum Gasteiger partial charge on any atom is -0.303 e. The minimum absolute atomic E-state index is 0.253. The topological polar surface area (TPSA) is 30.0 Å². The number of halogens is 1. The summed E-state index contributed by atoms with van der Waals surface area (Å²) in [7, 11) is 0. The van der Waals surface area contributed by atoms with Gasteiger partial charge in [-0.25, -0.2) is 4.98 Å². The van der Waals surface area contributed by atoms with Gasteiger partial charge in [-0.3, -0.25) is 0 Å². The molecule has 1 rings (SSSR count). The lowest BCUT2D eigenvalue weighted by Gasteiger charge is -2.18. The number of hydrogen-bond acceptors (Lipinski definition) is 3. The van der Waals surface area contributed by atoms with E-state index >= 15 is 0 Å². The van der Waals surface area contributed by atoms with Crippen LogP contribution in [-0.4, -0.2) is 11.3 Å². The molecule has 0 N–H and O–H groups in total. The van der Waals surface area contributed by atoms with Gasteiger partial charge in [-0.05, 0) is 22.4 Å². The van der Waals surface area contributed by atoms with Crippen LogP contribution in [0.15, 0.2) is 9.98 Å². The number of carbonyl (C=O) groups excluding carboxylic acids is 1. The molecule has 1 aromatic heterocycles. The van der Waals surface area contributed by atoms with Crippen LogP contribution in [0.25, 0.3) is 0 Å². The van der Waals surface area contributed by atoms with E-state index in [1.165, 1.54) is 0 Å². The van der Waals surface area contributed by atoms with Crippen LogP contribution in [0.2, 0.25) is 0 Å². The lowest BCUT2D eigenvalue weighted by atomic mass is 9.86. The molecule has 1 unspecified atom stereocenters. The second-order valence-corrected chi connectivity index (χ2v) is 5.85. The first-order valence-electron chi connectivity index (χ1n) is 4.16. The van der Waals surface area contributed by atoms with Crippen LogP contribution in [0.1, 0.15) is 25.3 Å². The lowest BCUT2D eigenvalue weighted by molar-refractivity contribution is -0.115. The van der Waals surface area contributed by atoms with Crippen molar-refractivity contribution in [3.63, 3.8) is 0 Å². The summed E-state index contributed by atoms with van der Waals surface area (Å²) in [5.41, 5.74) is -0.253. The summed E-state index contributed by atoms with van der Waals surface area (Å²) in [6, 6.07) is 0. The average Bonchev–Trinajstić information content (AvgIpc) is 2.51. The molecular formula is C9H12BrNOS. The van der Waals surface area contributed by atoms with Crippen LogP contribution in [0.3, 0.4) is 0 Å². The van der Waals surface area contributed by atoms with E-state index in [1.54, 1.807) is 17.5 Å². The SMILES string of the molecule is CCC(C)(C=O)Cc1ncc(Br)s1. The number of aromatic nitrogens is 1. The number of nitrogens with zero attached hydrogens (tertiary/aromatic N) is 1. The molecule has 1 aromatic rings. The van der Waals surface area contributed by atoms with Crippen molar-refractivity contribution in [1.29, 1.82) is 0 Å². The molecule has 0 amide bonds. The van der Waals surface area contributed by atoms with Crippen LogP contribution in [0, 0.1) is 5.41 Å². The summed E-state index contributed by atoms with van der Waals surface area (Å²) in [6.07, 6.45) is 4.40. The zero-order valence-electron chi connectivity index (χ0n) is 7.71. The Morgan fingerprint density at radius 3 is 2.85 bits per heavy atom. The molecular weight excluding hydrogens is 250 g/mol. The highest BCUT2D eigenvalue weighted by atomic mass is 79.9. The van der Waals surface area contributed by atoms with E-state index in [0.29, 0.717) is 0 Å². The number of aldehydes is 1. The van der Waals surface area contributed by atoms with Crippen molar-refractivity contribution in [2.75, 3.05) is 0 Å². The fourth-order valence-corrected chi connectivity index (χ4v) is 2.47. The van der Waals surface area contributed by atoms with Gasteiger partial charge in [-0.1, -0.05) is 13.8 Å². The first-order chi connectivity index (χ1) is 6.09. The lowest BCUT2D eigenvalue weighted by Crippen LogP contribution is -2.19. The van der Waals surface area contributed by atoms with Crippen LogP contribution in [-0.2, 0) is 11.2 Å². The maximum Gasteiger partial charge on any atom is 0.126 e. The number of thiazole rings is 1. The van der Waals surface area contributed by atoms with Crippen LogP contribution < -0.4 is 0 Å². The molecule has 1 atom stereocenters. The summed E-state index contributed by atoms with van der Waals surface area (Å²) >= 11 is 4.94. The monoisotopic (exact) mass is 261 g/mol. The quantitative estimate of drug-likeness (QED) is 0.780. The number of rotatable bonds is 4. The zero-order valence-corrected chi connectivity index (χ0v) is 10.1. The molecule has 72 valence electrons. The van der Waals surface area contributed by atoms with Crippen molar-refractivity contribution in [2.24, 2.45) is 5.41 Å². The standard InChI is InChI=1S/C9H12BrNOS/c1-3-9(2,6-12)4-8-11-5-7(10)13-8/h5-6H,3-4H2,1-2H3. The molecule has 0 fully saturated rings. The van der Waals surface area contributed by atoms with Gasteiger partial charge in [0.1, 0.15) is 6.29 Å². The molecule has 0 radical (unpaired) electrons. The first kappa shape index (κ1) is 10.9. The van der Waals surface area contributed by atoms with E-state index in [4.69, 9.17) is 0 Å². The van der Waals surface area contributed by atoms with Crippen molar-refractivity contribution in [3.8, 4) is 0 Å². The van der Waals surface area contributed by atoms with Crippen molar-refractivity contribution in [1.82, 2.24) is 4.98 Å². The van der Waals surface area contributed by atoms with Crippen LogP contribution in [0.5, 0.6) is 0 Å². The summed E-state index contributed by atoms with van der Waals surface area (Å²) in [4.78, 5) is 15.0. The van der Waals surface area contributed by atoms with Gasteiger partial charge in [0.25, 0.3) is 0 Å². The molecule has 0 aliphatic heterocycles. The van der Waals surface area contributed by atoms with Gasteiger partial charge in [-0.2, -0.15) is 0 Å². The normalized spacial score (nSPS) is 15.3. The van der Waals surface area contributed by atoms with Crippen LogP contribution >= 0.6 is 27.3 Å². The highest BCUT2D eigenvalue weighted by Gasteiger charge is 2.23. The van der Waals surface area contributed by atoms with Crippen molar-refractivity contribution in [3.05, 3.63) is 15.0 Å². The van der Waals surface area contributed by atoms with Crippen molar-refractivity contribution < 1.29 is 4.79 Å². The van der Waals surface area contributed by atoms with Gasteiger partial charge in [0.2, 0.25) is 0 Å².